The smallest absolute Gasteiger partial charge is 0.138 e. The fraction of sp³-hybridized carbons (Fsp3) is 0.846. The molecule has 114 valence electrons. The summed E-state index contributed by atoms with van der Waals surface area (Å²) in [5, 5.41) is 4.29. The number of nitrogens with one attached hydrogen (secondary N) is 1. The lowest BCUT2D eigenvalue weighted by atomic mass is 10.1. The highest BCUT2D eigenvalue weighted by molar-refractivity contribution is 4.94. The second-order valence-corrected chi connectivity index (χ2v) is 5.90. The highest BCUT2D eigenvalue weighted by Crippen LogP contribution is 2.12. The van der Waals surface area contributed by atoms with E-state index in [0.717, 1.165) is 38.5 Å². The number of hydrogen-bond donors (Lipinski definition) is 2. The first-order valence-electron chi connectivity index (χ1n) is 7.23. The zero-order valence-corrected chi connectivity index (χ0v) is 12.6. The first kappa shape index (κ1) is 15.4. The van der Waals surface area contributed by atoms with E-state index in [9.17, 15) is 0 Å². The molecule has 3 N–H and O–H groups in total. The molecule has 1 fully saturated rings. The van der Waals surface area contributed by atoms with Crippen LogP contribution in [-0.4, -0.2) is 58.6 Å². The summed E-state index contributed by atoms with van der Waals surface area (Å²) in [5.74, 6) is 7.21. The maximum Gasteiger partial charge on any atom is 0.138 e. The lowest BCUT2D eigenvalue weighted by Gasteiger charge is -2.34. The SMILES string of the molecule is CC(C)Cn1ncnc1CC(NN)C1CN(C)CCO1. The molecule has 7 nitrogen and oxygen atoms in total. The minimum Gasteiger partial charge on any atom is -0.374 e. The minimum absolute atomic E-state index is 0.0489. The molecule has 1 aromatic rings. The second kappa shape index (κ2) is 7.12. The van der Waals surface area contributed by atoms with Gasteiger partial charge in [0.15, 0.2) is 0 Å². The van der Waals surface area contributed by atoms with Crippen LogP contribution in [0.5, 0.6) is 0 Å². The van der Waals surface area contributed by atoms with Gasteiger partial charge in [0.25, 0.3) is 0 Å². The number of ether oxygens (including phenoxy) is 1. The van der Waals surface area contributed by atoms with Crippen LogP contribution in [0.15, 0.2) is 6.33 Å². The number of aromatic nitrogens is 3. The Kier molecular flexibility index (Phi) is 5.47. The molecule has 0 spiro atoms. The van der Waals surface area contributed by atoms with Crippen LogP contribution >= 0.6 is 0 Å². The van der Waals surface area contributed by atoms with E-state index in [1.807, 2.05) is 4.68 Å². The first-order valence-corrected chi connectivity index (χ1v) is 7.23. The Labute approximate surface area is 120 Å². The van der Waals surface area contributed by atoms with Gasteiger partial charge in [0.05, 0.1) is 18.8 Å². The van der Waals surface area contributed by atoms with Crippen molar-refractivity contribution < 1.29 is 4.74 Å². The quantitative estimate of drug-likeness (QED) is 0.548. The number of nitrogens with two attached hydrogens (primary N) is 1. The van der Waals surface area contributed by atoms with Gasteiger partial charge in [-0.15, -0.1) is 0 Å². The van der Waals surface area contributed by atoms with Crippen LogP contribution in [0.25, 0.3) is 0 Å². The Hall–Kier alpha value is -1.02. The van der Waals surface area contributed by atoms with Crippen LogP contribution in [-0.2, 0) is 17.7 Å². The van der Waals surface area contributed by atoms with Gasteiger partial charge in [0.2, 0.25) is 0 Å². The molecule has 2 unspecified atom stereocenters. The summed E-state index contributed by atoms with van der Waals surface area (Å²) in [6, 6.07) is 0.0489. The molecular weight excluding hydrogens is 256 g/mol. The van der Waals surface area contributed by atoms with E-state index >= 15 is 0 Å². The number of likely N-dealkylation sites (N-methyl/N-ethyl adjacent to an activating group) is 1. The third-order valence-corrected chi connectivity index (χ3v) is 3.60. The molecule has 7 heteroatoms. The van der Waals surface area contributed by atoms with E-state index in [2.05, 4.69) is 41.3 Å². The molecule has 0 bridgehead atoms. The molecule has 2 atom stereocenters. The summed E-state index contributed by atoms with van der Waals surface area (Å²) in [7, 11) is 2.10. The molecule has 0 aromatic carbocycles. The normalized spacial score (nSPS) is 22.4. The largest absolute Gasteiger partial charge is 0.374 e. The predicted octanol–water partition coefficient (Wildman–Crippen LogP) is -0.361. The van der Waals surface area contributed by atoms with Gasteiger partial charge in [-0.25, -0.2) is 9.67 Å². The standard InChI is InChI=1S/C13H26N6O/c1-10(2)7-19-13(15-9-16-19)6-11(17-14)12-8-18(3)4-5-20-12/h9-12,17H,4-8,14H2,1-3H3. The van der Waals surface area contributed by atoms with E-state index in [0.29, 0.717) is 5.92 Å². The van der Waals surface area contributed by atoms with Crippen LogP contribution in [0.1, 0.15) is 19.7 Å². The average Bonchev–Trinajstić information content (AvgIpc) is 2.82. The Bertz CT molecular complexity index is 407. The minimum atomic E-state index is 0.0489. The van der Waals surface area contributed by atoms with Gasteiger partial charge in [-0.2, -0.15) is 5.10 Å². The van der Waals surface area contributed by atoms with Crippen molar-refractivity contribution in [3.63, 3.8) is 0 Å². The predicted molar refractivity (Wildman–Crippen MR) is 76.9 cm³/mol. The molecule has 0 saturated carbocycles. The number of nitrogens with zero attached hydrogens (tertiary/aromatic N) is 4. The van der Waals surface area contributed by atoms with Gasteiger partial charge in [0.1, 0.15) is 12.2 Å². The van der Waals surface area contributed by atoms with Crippen molar-refractivity contribution in [2.75, 3.05) is 26.7 Å². The average molecular weight is 282 g/mol. The van der Waals surface area contributed by atoms with Gasteiger partial charge >= 0.3 is 0 Å². The Morgan fingerprint density at radius 3 is 3.00 bits per heavy atom. The Morgan fingerprint density at radius 1 is 1.55 bits per heavy atom. The summed E-state index contributed by atoms with van der Waals surface area (Å²) in [6.07, 6.45) is 2.42. The zero-order valence-electron chi connectivity index (χ0n) is 12.6. The number of morpholine rings is 1. The third-order valence-electron chi connectivity index (χ3n) is 3.60. The van der Waals surface area contributed by atoms with Gasteiger partial charge in [-0.3, -0.25) is 11.3 Å². The first-order chi connectivity index (χ1) is 9.60. The maximum atomic E-state index is 5.83. The Morgan fingerprint density at radius 2 is 2.35 bits per heavy atom. The fourth-order valence-corrected chi connectivity index (χ4v) is 2.49. The number of hydrogen-bond acceptors (Lipinski definition) is 6. The van der Waals surface area contributed by atoms with Crippen LogP contribution in [0.3, 0.4) is 0 Å². The molecule has 0 amide bonds. The van der Waals surface area contributed by atoms with Gasteiger partial charge < -0.3 is 9.64 Å². The second-order valence-electron chi connectivity index (χ2n) is 5.90. The van der Waals surface area contributed by atoms with E-state index in [1.165, 1.54) is 0 Å². The molecule has 1 aromatic heterocycles. The lowest BCUT2D eigenvalue weighted by molar-refractivity contribution is -0.0389. The van der Waals surface area contributed by atoms with Crippen LogP contribution in [0.4, 0.5) is 0 Å². The van der Waals surface area contributed by atoms with E-state index in [1.54, 1.807) is 6.33 Å². The molecule has 0 radical (unpaired) electrons. The highest BCUT2D eigenvalue weighted by Gasteiger charge is 2.27. The van der Waals surface area contributed by atoms with Crippen molar-refractivity contribution in [2.24, 2.45) is 11.8 Å². The van der Waals surface area contributed by atoms with Gasteiger partial charge in [-0.1, -0.05) is 13.8 Å². The Balaban J connectivity index is 2.00. The van der Waals surface area contributed by atoms with Crippen molar-refractivity contribution in [2.45, 2.75) is 39.0 Å². The summed E-state index contributed by atoms with van der Waals surface area (Å²) in [5.41, 5.74) is 2.88. The molecule has 20 heavy (non-hydrogen) atoms. The topological polar surface area (TPSA) is 81.2 Å². The molecule has 0 aliphatic carbocycles. The van der Waals surface area contributed by atoms with E-state index < -0.39 is 0 Å². The fourth-order valence-electron chi connectivity index (χ4n) is 2.49. The summed E-state index contributed by atoms with van der Waals surface area (Å²) in [4.78, 5) is 6.62. The van der Waals surface area contributed by atoms with Crippen molar-refractivity contribution in [1.82, 2.24) is 25.1 Å². The summed E-state index contributed by atoms with van der Waals surface area (Å²) < 4.78 is 7.79. The molecule has 1 aliphatic rings. The molecule has 2 heterocycles. The maximum absolute atomic E-state index is 5.83. The zero-order chi connectivity index (χ0) is 14.5. The highest BCUT2D eigenvalue weighted by atomic mass is 16.5. The van der Waals surface area contributed by atoms with Gasteiger partial charge in [0, 0.05) is 26.1 Å². The molecule has 1 saturated heterocycles. The van der Waals surface area contributed by atoms with Gasteiger partial charge in [-0.05, 0) is 13.0 Å². The summed E-state index contributed by atoms with van der Waals surface area (Å²) in [6.45, 7) is 7.81. The molecule has 1 aliphatic heterocycles. The monoisotopic (exact) mass is 282 g/mol. The number of hydrazine groups is 1. The van der Waals surface area contributed by atoms with Crippen LogP contribution in [0.2, 0.25) is 0 Å². The van der Waals surface area contributed by atoms with E-state index in [4.69, 9.17) is 10.6 Å². The molecular formula is C13H26N6O. The molecule has 2 rings (SSSR count). The van der Waals surface area contributed by atoms with Crippen molar-refractivity contribution in [3.8, 4) is 0 Å². The lowest BCUT2D eigenvalue weighted by Crippen LogP contribution is -2.54. The summed E-state index contributed by atoms with van der Waals surface area (Å²) >= 11 is 0. The van der Waals surface area contributed by atoms with E-state index in [-0.39, 0.29) is 12.1 Å². The van der Waals surface area contributed by atoms with Crippen molar-refractivity contribution in [3.05, 3.63) is 12.2 Å². The van der Waals surface area contributed by atoms with Crippen LogP contribution < -0.4 is 11.3 Å². The third kappa shape index (κ3) is 3.99. The number of rotatable bonds is 6. The van der Waals surface area contributed by atoms with Crippen LogP contribution in [0, 0.1) is 5.92 Å². The van der Waals surface area contributed by atoms with Crippen molar-refractivity contribution in [1.29, 1.82) is 0 Å². The van der Waals surface area contributed by atoms with Crippen molar-refractivity contribution >= 4 is 0 Å².